The molecule has 1 aromatic heterocycles. The van der Waals surface area contributed by atoms with E-state index in [4.69, 9.17) is 20.9 Å². The number of nitrogen functional groups attached to an aromatic ring is 1. The van der Waals surface area contributed by atoms with E-state index in [0.717, 1.165) is 0 Å². The number of carbonyl (C=O) groups is 1. The van der Waals surface area contributed by atoms with Crippen molar-refractivity contribution in [2.75, 3.05) is 26.0 Å². The highest BCUT2D eigenvalue weighted by Crippen LogP contribution is 2.43. The Balaban J connectivity index is 1.79. The molecule has 1 unspecified atom stereocenters. The number of nitrogens with zero attached hydrogens (tertiary/aromatic N) is 1. The summed E-state index contributed by atoms with van der Waals surface area (Å²) in [4.78, 5) is 18.0. The van der Waals surface area contributed by atoms with Gasteiger partial charge >= 0.3 is 0 Å². The maximum Gasteiger partial charge on any atom is 0.251 e. The second-order valence-corrected chi connectivity index (χ2v) is 11.5. The molecular weight excluding hydrogens is 546 g/mol. The van der Waals surface area contributed by atoms with E-state index >= 15 is 4.39 Å². The molecule has 1 aliphatic rings. The van der Waals surface area contributed by atoms with Crippen molar-refractivity contribution in [1.82, 2.24) is 10.3 Å². The standard InChI is InChI=1S/C31H36F2N4O5/c1-17(34)10-19-11-20(12-23(41-5)26(19)35)28(38)36-15-31(14-30(4,40)16-42-31)24-13-22(29(2,3)39)25(33)27(37-24)18-6-8-21(32)9-7-18/h6-13,39-40H,14-16,34-35H2,1-5H3,(H,36,38)/b17-10-/t30-,31?/m1/s1. The predicted octanol–water partition coefficient (Wildman–Crippen LogP) is 3.96. The van der Waals surface area contributed by atoms with Gasteiger partial charge in [-0.2, -0.15) is 0 Å². The number of halogens is 2. The Morgan fingerprint density at radius 1 is 1.24 bits per heavy atom. The normalized spacial score (nSPS) is 20.9. The number of methoxy groups -OCH3 is 1. The second-order valence-electron chi connectivity index (χ2n) is 11.5. The lowest BCUT2D eigenvalue weighted by molar-refractivity contribution is -0.0118. The molecular formula is C31H36F2N4O5. The minimum absolute atomic E-state index is 0.00151. The molecule has 3 aromatic rings. The van der Waals surface area contributed by atoms with Crippen LogP contribution in [-0.2, 0) is 15.9 Å². The summed E-state index contributed by atoms with van der Waals surface area (Å²) >= 11 is 0. The lowest BCUT2D eigenvalue weighted by Crippen LogP contribution is -2.42. The Labute approximate surface area is 243 Å². The maximum absolute atomic E-state index is 15.8. The molecule has 0 spiro atoms. The highest BCUT2D eigenvalue weighted by molar-refractivity contribution is 5.96. The number of amides is 1. The van der Waals surface area contributed by atoms with Crippen molar-refractivity contribution in [3.63, 3.8) is 0 Å². The first-order valence-electron chi connectivity index (χ1n) is 13.3. The van der Waals surface area contributed by atoms with Crippen LogP contribution < -0.4 is 21.5 Å². The SMILES string of the molecule is COc1cc(C(=O)NCC2(c3cc(C(C)(C)O)c(F)c(-c4ccc(F)cc4)n3)C[C@@](C)(O)CO2)cc(/C=C(/C)N)c1N. The van der Waals surface area contributed by atoms with Gasteiger partial charge in [0, 0.05) is 34.4 Å². The third-order valence-electron chi connectivity index (χ3n) is 7.10. The number of anilines is 1. The van der Waals surface area contributed by atoms with Gasteiger partial charge in [-0.1, -0.05) is 0 Å². The number of hydrogen-bond donors (Lipinski definition) is 5. The Hall–Kier alpha value is -4.06. The van der Waals surface area contributed by atoms with Crippen molar-refractivity contribution in [3.05, 3.63) is 82.2 Å². The number of benzene rings is 2. The van der Waals surface area contributed by atoms with Crippen molar-refractivity contribution >= 4 is 17.7 Å². The molecule has 1 fully saturated rings. The van der Waals surface area contributed by atoms with Gasteiger partial charge in [0.25, 0.3) is 5.91 Å². The Kier molecular flexibility index (Phi) is 8.32. The first-order valence-corrected chi connectivity index (χ1v) is 13.3. The quantitative estimate of drug-likeness (QED) is 0.250. The molecule has 0 aliphatic carbocycles. The Morgan fingerprint density at radius 3 is 2.45 bits per heavy atom. The van der Waals surface area contributed by atoms with Crippen LogP contribution in [0.5, 0.6) is 5.75 Å². The number of ether oxygens (including phenoxy) is 2. The minimum Gasteiger partial charge on any atom is -0.495 e. The fraction of sp³-hybridized carbons (Fsp3) is 0.355. The van der Waals surface area contributed by atoms with E-state index < -0.39 is 34.3 Å². The van der Waals surface area contributed by atoms with Crippen LogP contribution >= 0.6 is 0 Å². The van der Waals surface area contributed by atoms with Gasteiger partial charge in [0.15, 0.2) is 5.82 Å². The summed E-state index contributed by atoms with van der Waals surface area (Å²) in [6.45, 7) is 5.86. The number of nitrogens with one attached hydrogen (secondary N) is 1. The third kappa shape index (κ3) is 6.38. The number of hydrogen-bond acceptors (Lipinski definition) is 8. The fourth-order valence-corrected chi connectivity index (χ4v) is 5.02. The van der Waals surface area contributed by atoms with Gasteiger partial charge in [-0.25, -0.2) is 13.8 Å². The van der Waals surface area contributed by atoms with Gasteiger partial charge in [-0.05, 0) is 76.2 Å². The number of aliphatic hydroxyl groups is 2. The van der Waals surface area contributed by atoms with E-state index in [2.05, 4.69) is 10.3 Å². The first-order chi connectivity index (χ1) is 19.5. The van der Waals surface area contributed by atoms with Gasteiger partial charge in [-0.3, -0.25) is 4.79 Å². The number of carbonyl (C=O) groups excluding carboxylic acids is 1. The van der Waals surface area contributed by atoms with E-state index in [9.17, 15) is 19.4 Å². The molecule has 1 saturated heterocycles. The summed E-state index contributed by atoms with van der Waals surface area (Å²) < 4.78 is 40.9. The second kappa shape index (κ2) is 11.3. The monoisotopic (exact) mass is 582 g/mol. The minimum atomic E-state index is -1.63. The molecule has 1 aliphatic heterocycles. The van der Waals surface area contributed by atoms with Gasteiger partial charge < -0.3 is 36.5 Å². The average molecular weight is 583 g/mol. The van der Waals surface area contributed by atoms with E-state index in [0.29, 0.717) is 16.9 Å². The summed E-state index contributed by atoms with van der Waals surface area (Å²) in [6.07, 6.45) is 1.61. The van der Waals surface area contributed by atoms with Crippen molar-refractivity contribution in [2.24, 2.45) is 5.73 Å². The zero-order chi connectivity index (χ0) is 31.0. The van der Waals surface area contributed by atoms with Crippen LogP contribution in [0.4, 0.5) is 14.5 Å². The van der Waals surface area contributed by atoms with Crippen LogP contribution in [0.1, 0.15) is 61.3 Å². The van der Waals surface area contributed by atoms with Crippen LogP contribution in [-0.4, -0.2) is 47.0 Å². The summed E-state index contributed by atoms with van der Waals surface area (Å²) in [7, 11) is 1.43. The van der Waals surface area contributed by atoms with E-state index in [1.54, 1.807) is 26.0 Å². The number of nitrogens with two attached hydrogens (primary N) is 2. The molecule has 0 radical (unpaired) electrons. The van der Waals surface area contributed by atoms with Crippen LogP contribution in [0.3, 0.4) is 0 Å². The van der Waals surface area contributed by atoms with Crippen LogP contribution in [0.25, 0.3) is 17.3 Å². The third-order valence-corrected chi connectivity index (χ3v) is 7.10. The molecule has 7 N–H and O–H groups in total. The molecule has 11 heteroatoms. The summed E-state index contributed by atoms with van der Waals surface area (Å²) in [6, 6.07) is 9.53. The highest BCUT2D eigenvalue weighted by Gasteiger charge is 2.49. The number of rotatable bonds is 8. The van der Waals surface area contributed by atoms with Gasteiger partial charge in [-0.15, -0.1) is 0 Å². The van der Waals surface area contributed by atoms with Crippen molar-refractivity contribution in [1.29, 1.82) is 0 Å². The summed E-state index contributed by atoms with van der Waals surface area (Å²) in [5.74, 6) is -1.52. The molecule has 2 aromatic carbocycles. The first kappa shape index (κ1) is 30.9. The molecule has 2 atom stereocenters. The molecule has 42 heavy (non-hydrogen) atoms. The zero-order valence-electron chi connectivity index (χ0n) is 24.2. The highest BCUT2D eigenvalue weighted by atomic mass is 19.1. The topological polar surface area (TPSA) is 153 Å². The van der Waals surface area contributed by atoms with Crippen LogP contribution in [0.15, 0.2) is 48.2 Å². The fourth-order valence-electron chi connectivity index (χ4n) is 5.02. The van der Waals surface area contributed by atoms with E-state index in [-0.39, 0.29) is 53.4 Å². The lowest BCUT2D eigenvalue weighted by Gasteiger charge is -2.31. The molecule has 0 bridgehead atoms. The molecule has 9 nitrogen and oxygen atoms in total. The van der Waals surface area contributed by atoms with Crippen LogP contribution in [0, 0.1) is 11.6 Å². The van der Waals surface area contributed by atoms with Gasteiger partial charge in [0.2, 0.25) is 0 Å². The predicted molar refractivity (Wildman–Crippen MR) is 155 cm³/mol. The summed E-state index contributed by atoms with van der Waals surface area (Å²) in [5.41, 5.74) is 9.39. The smallest absolute Gasteiger partial charge is 0.251 e. The zero-order valence-corrected chi connectivity index (χ0v) is 24.2. The summed E-state index contributed by atoms with van der Waals surface area (Å²) in [5, 5.41) is 24.6. The number of allylic oxidation sites excluding steroid dienone is 1. The van der Waals surface area contributed by atoms with Crippen molar-refractivity contribution in [2.45, 2.75) is 50.9 Å². The van der Waals surface area contributed by atoms with Gasteiger partial charge in [0.1, 0.15) is 22.9 Å². The Bertz CT molecular complexity index is 1530. The molecule has 1 amide bonds. The van der Waals surface area contributed by atoms with Crippen molar-refractivity contribution in [3.8, 4) is 17.0 Å². The van der Waals surface area contributed by atoms with Crippen LogP contribution in [0.2, 0.25) is 0 Å². The Morgan fingerprint density at radius 2 is 1.90 bits per heavy atom. The van der Waals surface area contributed by atoms with Gasteiger partial charge in [0.05, 0.1) is 42.8 Å². The van der Waals surface area contributed by atoms with E-state index in [1.165, 1.54) is 57.4 Å². The molecule has 224 valence electrons. The molecule has 0 saturated carbocycles. The molecule has 4 rings (SSSR count). The maximum atomic E-state index is 15.8. The lowest BCUT2D eigenvalue weighted by atomic mass is 9.85. The average Bonchev–Trinajstić information content (AvgIpc) is 3.23. The number of pyridine rings is 1. The molecule has 2 heterocycles. The largest absolute Gasteiger partial charge is 0.495 e. The number of aromatic nitrogens is 1. The van der Waals surface area contributed by atoms with Crippen molar-refractivity contribution < 1.29 is 33.3 Å². The van der Waals surface area contributed by atoms with E-state index in [1.807, 2.05) is 0 Å².